The second kappa shape index (κ2) is 6.42. The summed E-state index contributed by atoms with van der Waals surface area (Å²) in [5.74, 6) is -2.09. The van der Waals surface area contributed by atoms with E-state index in [9.17, 15) is 14.7 Å². The Morgan fingerprint density at radius 2 is 2.08 bits per heavy atom. The van der Waals surface area contributed by atoms with Crippen molar-refractivity contribution in [2.24, 2.45) is 23.7 Å². The van der Waals surface area contributed by atoms with Crippen LogP contribution in [-0.2, 0) is 19.1 Å². The van der Waals surface area contributed by atoms with E-state index < -0.39 is 36.8 Å². The molecule has 0 aromatic carbocycles. The van der Waals surface area contributed by atoms with Crippen molar-refractivity contribution >= 4 is 11.9 Å². The average molecular weight is 348 g/mol. The highest BCUT2D eigenvalue weighted by Crippen LogP contribution is 2.52. The predicted octanol–water partition coefficient (Wildman–Crippen LogP) is 1.14. The molecular formula is C19H24O6. The van der Waals surface area contributed by atoms with Gasteiger partial charge in [0.05, 0.1) is 24.2 Å². The van der Waals surface area contributed by atoms with Crippen molar-refractivity contribution in [1.82, 2.24) is 0 Å². The maximum Gasteiger partial charge on any atom is 0.336 e. The highest BCUT2D eigenvalue weighted by molar-refractivity contribution is 5.88. The molecule has 2 N–H and O–H groups in total. The molecule has 3 fully saturated rings. The van der Waals surface area contributed by atoms with Gasteiger partial charge in [-0.3, -0.25) is 4.79 Å². The lowest BCUT2D eigenvalue weighted by Gasteiger charge is -2.29. The van der Waals surface area contributed by atoms with Crippen molar-refractivity contribution in [2.45, 2.75) is 38.1 Å². The minimum atomic E-state index is -0.684. The van der Waals surface area contributed by atoms with Gasteiger partial charge in [0.15, 0.2) is 0 Å². The predicted molar refractivity (Wildman–Crippen MR) is 89.1 cm³/mol. The van der Waals surface area contributed by atoms with E-state index in [0.717, 1.165) is 5.57 Å². The fraction of sp³-hybridized carbons (Fsp3) is 0.579. The minimum Gasteiger partial charge on any atom is -0.461 e. The molecule has 0 amide bonds. The number of fused-ring (bicyclic) bond motifs is 3. The highest BCUT2D eigenvalue weighted by atomic mass is 16.6. The normalized spacial score (nSPS) is 40.1. The Morgan fingerprint density at radius 1 is 1.40 bits per heavy atom. The molecule has 2 aliphatic carbocycles. The zero-order chi connectivity index (χ0) is 18.5. The standard InChI is InChI=1S/C19H24O6/c1-8-5-14(24-18(22)9(2)7-20)16-11(4)19(23)25-17(16)15-10(3)13(21)6-12(8)15/h11-17,20-21H,1-3,5-7H2,4H3/t11-,12-,13+,14+,15+,16+,17-/m1/s1. The quantitative estimate of drug-likeness (QED) is 0.451. The van der Waals surface area contributed by atoms with E-state index in [-0.39, 0.29) is 29.3 Å². The van der Waals surface area contributed by atoms with Crippen molar-refractivity contribution in [3.63, 3.8) is 0 Å². The maximum atomic E-state index is 12.2. The lowest BCUT2D eigenvalue weighted by atomic mass is 9.79. The van der Waals surface area contributed by atoms with Crippen LogP contribution in [0.3, 0.4) is 0 Å². The van der Waals surface area contributed by atoms with Gasteiger partial charge in [0.25, 0.3) is 0 Å². The van der Waals surface area contributed by atoms with Crippen LogP contribution >= 0.6 is 0 Å². The van der Waals surface area contributed by atoms with E-state index in [1.54, 1.807) is 6.92 Å². The summed E-state index contributed by atoms with van der Waals surface area (Å²) in [7, 11) is 0. The zero-order valence-corrected chi connectivity index (χ0v) is 14.3. The van der Waals surface area contributed by atoms with E-state index in [1.165, 1.54) is 0 Å². The molecule has 0 aromatic rings. The van der Waals surface area contributed by atoms with Gasteiger partial charge in [-0.15, -0.1) is 0 Å². The van der Waals surface area contributed by atoms with Crippen molar-refractivity contribution in [3.8, 4) is 0 Å². The van der Waals surface area contributed by atoms with E-state index >= 15 is 0 Å². The van der Waals surface area contributed by atoms with E-state index in [1.807, 2.05) is 0 Å². The molecule has 136 valence electrons. The number of rotatable bonds is 3. The van der Waals surface area contributed by atoms with Gasteiger partial charge in [-0.2, -0.15) is 0 Å². The van der Waals surface area contributed by atoms with Crippen molar-refractivity contribution in [3.05, 3.63) is 36.5 Å². The molecule has 0 unspecified atom stereocenters. The topological polar surface area (TPSA) is 93.1 Å². The van der Waals surface area contributed by atoms with E-state index in [0.29, 0.717) is 18.4 Å². The average Bonchev–Trinajstić information content (AvgIpc) is 2.99. The lowest BCUT2D eigenvalue weighted by molar-refractivity contribution is -0.149. The summed E-state index contributed by atoms with van der Waals surface area (Å²) in [4.78, 5) is 24.3. The summed E-state index contributed by atoms with van der Waals surface area (Å²) >= 11 is 0. The molecule has 0 radical (unpaired) electrons. The molecule has 0 aromatic heterocycles. The van der Waals surface area contributed by atoms with Crippen LogP contribution in [0.5, 0.6) is 0 Å². The van der Waals surface area contributed by atoms with Crippen molar-refractivity contribution in [1.29, 1.82) is 0 Å². The van der Waals surface area contributed by atoms with Crippen LogP contribution in [0.15, 0.2) is 36.5 Å². The van der Waals surface area contributed by atoms with Gasteiger partial charge in [-0.05, 0) is 17.9 Å². The number of hydrogen-bond acceptors (Lipinski definition) is 6. The third-order valence-electron chi connectivity index (χ3n) is 5.86. The van der Waals surface area contributed by atoms with Crippen LogP contribution in [-0.4, -0.2) is 47.1 Å². The van der Waals surface area contributed by atoms with Gasteiger partial charge < -0.3 is 19.7 Å². The smallest absolute Gasteiger partial charge is 0.336 e. The first-order valence-electron chi connectivity index (χ1n) is 8.50. The lowest BCUT2D eigenvalue weighted by Crippen LogP contribution is -2.38. The molecule has 2 saturated carbocycles. The molecule has 1 aliphatic heterocycles. The molecule has 3 aliphatic rings. The monoisotopic (exact) mass is 348 g/mol. The van der Waals surface area contributed by atoms with Crippen LogP contribution in [0.1, 0.15) is 19.8 Å². The summed E-state index contributed by atoms with van der Waals surface area (Å²) in [5, 5.41) is 19.3. The number of hydrogen-bond donors (Lipinski definition) is 2. The molecule has 7 atom stereocenters. The Morgan fingerprint density at radius 3 is 2.72 bits per heavy atom. The molecule has 0 spiro atoms. The molecule has 6 heteroatoms. The van der Waals surface area contributed by atoms with Crippen LogP contribution < -0.4 is 0 Å². The van der Waals surface area contributed by atoms with Crippen LogP contribution in [0.2, 0.25) is 0 Å². The Kier molecular flexibility index (Phi) is 4.60. The largest absolute Gasteiger partial charge is 0.461 e. The molecule has 6 nitrogen and oxygen atoms in total. The van der Waals surface area contributed by atoms with Crippen molar-refractivity contribution in [2.75, 3.05) is 6.61 Å². The summed E-state index contributed by atoms with van der Waals surface area (Å²) in [6.07, 6.45) is -0.868. The Bertz CT molecular complexity index is 650. The number of carbonyl (C=O) groups is 2. The minimum absolute atomic E-state index is 0.0377. The van der Waals surface area contributed by atoms with Gasteiger partial charge in [0.1, 0.15) is 12.2 Å². The van der Waals surface area contributed by atoms with Gasteiger partial charge in [0.2, 0.25) is 0 Å². The van der Waals surface area contributed by atoms with E-state index in [4.69, 9.17) is 14.6 Å². The van der Waals surface area contributed by atoms with Gasteiger partial charge in [-0.1, -0.05) is 32.2 Å². The van der Waals surface area contributed by atoms with Crippen LogP contribution in [0, 0.1) is 23.7 Å². The SMILES string of the molecule is C=C(CO)C(=O)O[C@H]1CC(=C)[C@H]2C[C@H](O)C(=C)[C@@H]2[C@H]2OC(=O)[C@H](C)[C@H]21. The molecule has 1 heterocycles. The highest BCUT2D eigenvalue weighted by Gasteiger charge is 2.57. The first-order valence-corrected chi connectivity index (χ1v) is 8.50. The Hall–Kier alpha value is -1.92. The first-order chi connectivity index (χ1) is 11.8. The van der Waals surface area contributed by atoms with Crippen LogP contribution in [0.25, 0.3) is 0 Å². The summed E-state index contributed by atoms with van der Waals surface area (Å²) in [6.45, 7) is 12.9. The zero-order valence-electron chi connectivity index (χ0n) is 14.3. The summed E-state index contributed by atoms with van der Waals surface area (Å²) < 4.78 is 11.2. The summed E-state index contributed by atoms with van der Waals surface area (Å²) in [6, 6.07) is 0. The molecule has 1 saturated heterocycles. The number of aliphatic hydroxyl groups is 2. The fourth-order valence-electron chi connectivity index (χ4n) is 4.44. The number of carbonyl (C=O) groups excluding carboxylic acids is 2. The van der Waals surface area contributed by atoms with Gasteiger partial charge in [-0.25, -0.2) is 4.79 Å². The van der Waals surface area contributed by atoms with E-state index in [2.05, 4.69) is 19.7 Å². The Labute approximate surface area is 146 Å². The summed E-state index contributed by atoms with van der Waals surface area (Å²) in [5.41, 5.74) is 1.46. The third-order valence-corrected chi connectivity index (χ3v) is 5.86. The fourth-order valence-corrected chi connectivity index (χ4v) is 4.44. The number of ether oxygens (including phenoxy) is 2. The van der Waals surface area contributed by atoms with Crippen LogP contribution in [0.4, 0.5) is 0 Å². The molecular weight excluding hydrogens is 324 g/mol. The third kappa shape index (κ3) is 2.83. The molecule has 25 heavy (non-hydrogen) atoms. The Balaban J connectivity index is 1.95. The second-order valence-electron chi connectivity index (χ2n) is 7.29. The number of esters is 2. The van der Waals surface area contributed by atoms with Crippen molar-refractivity contribution < 1.29 is 29.3 Å². The van der Waals surface area contributed by atoms with Gasteiger partial charge in [0, 0.05) is 18.3 Å². The molecule has 3 rings (SSSR count). The maximum absolute atomic E-state index is 12.2. The first kappa shape index (κ1) is 17.9. The number of aliphatic hydroxyl groups excluding tert-OH is 2. The van der Waals surface area contributed by atoms with Gasteiger partial charge >= 0.3 is 11.9 Å². The molecule has 0 bridgehead atoms. The second-order valence-corrected chi connectivity index (χ2v) is 7.29.